The minimum absolute atomic E-state index is 0.0902. The van der Waals surface area contributed by atoms with Crippen molar-refractivity contribution in [2.24, 2.45) is 4.99 Å². The topological polar surface area (TPSA) is 118 Å². The summed E-state index contributed by atoms with van der Waals surface area (Å²) in [5, 5.41) is 21.7. The smallest absolute Gasteiger partial charge is 0.345 e. The molecule has 0 spiro atoms. The van der Waals surface area contributed by atoms with Crippen LogP contribution in [0.2, 0.25) is 5.02 Å². The highest BCUT2D eigenvalue weighted by molar-refractivity contribution is 6.30. The van der Waals surface area contributed by atoms with Crippen LogP contribution in [0.5, 0.6) is 5.88 Å². The number of nitriles is 1. The number of H-pyrrole nitrogens is 1. The Kier molecular flexibility index (Phi) is 4.79. The van der Waals surface area contributed by atoms with Gasteiger partial charge in [-0.15, -0.1) is 0 Å². The van der Waals surface area contributed by atoms with Gasteiger partial charge in [-0.2, -0.15) is 5.26 Å². The maximum Gasteiger partial charge on any atom is 0.345 e. The number of nitrogens with one attached hydrogen (secondary N) is 2. The first kappa shape index (κ1) is 16.3. The quantitative estimate of drug-likeness (QED) is 0.733. The van der Waals surface area contributed by atoms with Crippen LogP contribution >= 0.6 is 11.6 Å². The van der Waals surface area contributed by atoms with Crippen LogP contribution < -0.4 is 10.9 Å². The summed E-state index contributed by atoms with van der Waals surface area (Å²) in [6, 6.07) is 7.48. The fourth-order valence-electron chi connectivity index (χ4n) is 1.82. The highest BCUT2D eigenvalue weighted by atomic mass is 35.5. The molecular formula is C15H11ClN4O3. The van der Waals surface area contributed by atoms with Crippen molar-refractivity contribution >= 4 is 29.5 Å². The highest BCUT2D eigenvalue weighted by Crippen LogP contribution is 2.17. The van der Waals surface area contributed by atoms with E-state index in [2.05, 4.69) is 15.3 Å². The Labute approximate surface area is 135 Å². The van der Waals surface area contributed by atoms with Crippen molar-refractivity contribution in [1.29, 1.82) is 5.26 Å². The van der Waals surface area contributed by atoms with E-state index in [9.17, 15) is 14.7 Å². The van der Waals surface area contributed by atoms with Crippen molar-refractivity contribution in [3.05, 3.63) is 56.3 Å². The first-order chi connectivity index (χ1) is 10.9. The number of aromatic amines is 1. The van der Waals surface area contributed by atoms with Crippen molar-refractivity contribution in [2.75, 3.05) is 5.32 Å². The van der Waals surface area contributed by atoms with Crippen molar-refractivity contribution in [3.63, 3.8) is 0 Å². The molecule has 2 aromatic rings. The molecule has 0 aliphatic heterocycles. The lowest BCUT2D eigenvalue weighted by atomic mass is 10.1. The monoisotopic (exact) mass is 330 g/mol. The number of carbonyl (C=O) groups excluding carboxylic acids is 1. The zero-order valence-electron chi connectivity index (χ0n) is 11.9. The van der Waals surface area contributed by atoms with Crippen LogP contribution in [0.1, 0.15) is 16.7 Å². The molecule has 1 aromatic heterocycles. The van der Waals surface area contributed by atoms with E-state index in [0.717, 1.165) is 6.21 Å². The summed E-state index contributed by atoms with van der Waals surface area (Å²) in [6.07, 6.45) is 1.08. The van der Waals surface area contributed by atoms with Crippen LogP contribution in [-0.2, 0) is 0 Å². The molecule has 0 radical (unpaired) electrons. The number of halogens is 1. The van der Waals surface area contributed by atoms with E-state index in [1.807, 2.05) is 0 Å². The van der Waals surface area contributed by atoms with Gasteiger partial charge >= 0.3 is 6.03 Å². The molecule has 0 fully saturated rings. The van der Waals surface area contributed by atoms with E-state index in [1.165, 1.54) is 6.92 Å². The number of carbonyl (C=O) groups is 1. The summed E-state index contributed by atoms with van der Waals surface area (Å²) >= 11 is 5.74. The fraction of sp³-hybridized carbons (Fsp3) is 0.0667. The molecule has 8 heteroatoms. The maximum absolute atomic E-state index is 11.8. The van der Waals surface area contributed by atoms with Gasteiger partial charge in [-0.1, -0.05) is 11.6 Å². The lowest BCUT2D eigenvalue weighted by Crippen LogP contribution is -2.14. The summed E-state index contributed by atoms with van der Waals surface area (Å²) in [4.78, 5) is 29.0. The Bertz CT molecular complexity index is 879. The fourth-order valence-corrected chi connectivity index (χ4v) is 1.95. The lowest BCUT2D eigenvalue weighted by molar-refractivity contribution is 0.259. The van der Waals surface area contributed by atoms with Gasteiger partial charge in [0.1, 0.15) is 11.6 Å². The minimum atomic E-state index is -0.703. The number of hydrogen-bond donors (Lipinski definition) is 3. The van der Waals surface area contributed by atoms with Crippen molar-refractivity contribution in [1.82, 2.24) is 4.98 Å². The van der Waals surface area contributed by atoms with E-state index in [4.69, 9.17) is 16.9 Å². The SMILES string of the molecule is Cc1c(C=NC(=O)Nc2ccc(Cl)cc2)c(O)[nH]c(=O)c1C#N. The number of nitrogens with zero attached hydrogens (tertiary/aromatic N) is 2. The van der Waals surface area contributed by atoms with Gasteiger partial charge < -0.3 is 10.4 Å². The summed E-state index contributed by atoms with van der Waals surface area (Å²) in [6.45, 7) is 1.48. The predicted molar refractivity (Wildman–Crippen MR) is 86.2 cm³/mol. The number of amides is 2. The summed E-state index contributed by atoms with van der Waals surface area (Å²) in [5.41, 5.74) is -0.0338. The number of aromatic hydroxyl groups is 1. The van der Waals surface area contributed by atoms with Gasteiger partial charge in [0, 0.05) is 16.9 Å². The number of hydrogen-bond acceptors (Lipinski definition) is 4. The average Bonchev–Trinajstić information content (AvgIpc) is 2.49. The van der Waals surface area contributed by atoms with E-state index < -0.39 is 17.5 Å². The molecular weight excluding hydrogens is 320 g/mol. The number of rotatable bonds is 2. The molecule has 1 aromatic carbocycles. The van der Waals surface area contributed by atoms with Gasteiger partial charge in [0.2, 0.25) is 5.88 Å². The first-order valence-electron chi connectivity index (χ1n) is 6.39. The standard InChI is InChI=1S/C15H11ClN4O3/c1-8-11(6-17)13(21)20-14(22)12(8)7-18-15(23)19-10-4-2-9(16)3-5-10/h2-5,7H,1H3,(H,19,23)(H2,20,21,22). The Balaban J connectivity index is 2.23. The number of anilines is 1. The molecule has 2 rings (SSSR count). The molecule has 0 aliphatic carbocycles. The third-order valence-electron chi connectivity index (χ3n) is 3.01. The largest absolute Gasteiger partial charge is 0.494 e. The minimum Gasteiger partial charge on any atom is -0.494 e. The molecule has 0 bridgehead atoms. The number of aromatic nitrogens is 1. The molecule has 0 atom stereocenters. The number of pyridine rings is 1. The van der Waals surface area contributed by atoms with Gasteiger partial charge in [0.05, 0.1) is 5.56 Å². The van der Waals surface area contributed by atoms with Gasteiger partial charge in [0.15, 0.2) is 0 Å². The zero-order valence-corrected chi connectivity index (χ0v) is 12.7. The van der Waals surface area contributed by atoms with Crippen LogP contribution in [-0.4, -0.2) is 22.3 Å². The molecule has 2 amide bonds. The molecule has 0 saturated heterocycles. The molecule has 23 heavy (non-hydrogen) atoms. The molecule has 7 nitrogen and oxygen atoms in total. The number of benzene rings is 1. The van der Waals surface area contributed by atoms with Gasteiger partial charge in [-0.3, -0.25) is 9.78 Å². The third kappa shape index (κ3) is 3.75. The second-order valence-electron chi connectivity index (χ2n) is 4.52. The Hall–Kier alpha value is -3.11. The van der Waals surface area contributed by atoms with Crippen LogP contribution in [0.3, 0.4) is 0 Å². The maximum atomic E-state index is 11.8. The first-order valence-corrected chi connectivity index (χ1v) is 6.76. The average molecular weight is 331 g/mol. The van der Waals surface area contributed by atoms with Gasteiger partial charge in [-0.05, 0) is 36.8 Å². The van der Waals surface area contributed by atoms with Crippen molar-refractivity contribution < 1.29 is 9.90 Å². The molecule has 116 valence electrons. The normalized spacial score (nSPS) is 10.5. The van der Waals surface area contributed by atoms with Gasteiger partial charge in [0.25, 0.3) is 5.56 Å². The van der Waals surface area contributed by atoms with E-state index >= 15 is 0 Å². The highest BCUT2D eigenvalue weighted by Gasteiger charge is 2.12. The Morgan fingerprint density at radius 2 is 2.09 bits per heavy atom. The van der Waals surface area contributed by atoms with Crippen molar-refractivity contribution in [3.8, 4) is 11.9 Å². The molecule has 0 aliphatic rings. The van der Waals surface area contributed by atoms with Crippen LogP contribution in [0.4, 0.5) is 10.5 Å². The zero-order chi connectivity index (χ0) is 17.0. The second kappa shape index (κ2) is 6.77. The number of urea groups is 1. The third-order valence-corrected chi connectivity index (χ3v) is 3.26. The van der Waals surface area contributed by atoms with E-state index in [1.54, 1.807) is 30.3 Å². The van der Waals surface area contributed by atoms with E-state index in [0.29, 0.717) is 10.7 Å². The summed E-state index contributed by atoms with van der Waals surface area (Å²) in [7, 11) is 0. The molecule has 3 N–H and O–H groups in total. The molecule has 0 unspecified atom stereocenters. The molecule has 0 saturated carbocycles. The lowest BCUT2D eigenvalue weighted by Gasteiger charge is -2.05. The number of aliphatic imine (C=N–C) groups is 1. The van der Waals surface area contributed by atoms with Crippen LogP contribution in [0.25, 0.3) is 0 Å². The van der Waals surface area contributed by atoms with Crippen LogP contribution in [0.15, 0.2) is 34.1 Å². The Morgan fingerprint density at radius 1 is 1.43 bits per heavy atom. The van der Waals surface area contributed by atoms with Crippen molar-refractivity contribution in [2.45, 2.75) is 6.92 Å². The van der Waals surface area contributed by atoms with Crippen LogP contribution in [0, 0.1) is 18.3 Å². The van der Waals surface area contributed by atoms with Gasteiger partial charge in [-0.25, -0.2) is 9.79 Å². The summed E-state index contributed by atoms with van der Waals surface area (Å²) < 4.78 is 0. The molecule has 1 heterocycles. The summed E-state index contributed by atoms with van der Waals surface area (Å²) in [5.74, 6) is -0.463. The van der Waals surface area contributed by atoms with E-state index in [-0.39, 0.29) is 16.7 Å². The second-order valence-corrected chi connectivity index (χ2v) is 4.96. The predicted octanol–water partition coefficient (Wildman–Crippen LogP) is 2.57. The Morgan fingerprint density at radius 3 is 2.70 bits per heavy atom.